The van der Waals surface area contributed by atoms with Crippen LogP contribution < -0.4 is 0 Å². The van der Waals surface area contributed by atoms with Crippen LogP contribution in [0.25, 0.3) is 22.3 Å². The highest BCUT2D eigenvalue weighted by molar-refractivity contribution is 6.31. The van der Waals surface area contributed by atoms with Crippen molar-refractivity contribution in [3.05, 3.63) is 40.8 Å². The number of nitrogens with zero attached hydrogens (tertiary/aromatic N) is 1. The Labute approximate surface area is 103 Å². The molecule has 84 valence electrons. The quantitative estimate of drug-likeness (QED) is 0.625. The molecule has 0 radical (unpaired) electrons. The highest BCUT2D eigenvalue weighted by Crippen LogP contribution is 2.36. The Morgan fingerprint density at radius 2 is 2.18 bits per heavy atom. The van der Waals surface area contributed by atoms with Crippen LogP contribution in [0.1, 0.15) is 11.3 Å². The molecule has 0 amide bonds. The van der Waals surface area contributed by atoms with Crippen molar-refractivity contribution < 1.29 is 0 Å². The molecule has 0 fully saturated rings. The zero-order valence-corrected chi connectivity index (χ0v) is 9.80. The Kier molecular flexibility index (Phi) is 1.72. The lowest BCUT2D eigenvalue weighted by Gasteiger charge is -2.10. The zero-order valence-electron chi connectivity index (χ0n) is 9.05. The molecule has 0 aliphatic heterocycles. The minimum atomic E-state index is 0.784. The summed E-state index contributed by atoms with van der Waals surface area (Å²) in [5.41, 5.74) is 5.89. The number of rotatable bonds is 0. The van der Waals surface area contributed by atoms with E-state index in [1.807, 2.05) is 18.2 Å². The molecule has 1 aliphatic rings. The Morgan fingerprint density at radius 3 is 3.12 bits per heavy atom. The molecule has 2 N–H and O–H groups in total. The topological polar surface area (TPSA) is 44.5 Å². The van der Waals surface area contributed by atoms with Crippen LogP contribution in [0.15, 0.2) is 24.5 Å². The maximum Gasteiger partial charge on any atom is 0.108 e. The lowest BCUT2D eigenvalue weighted by atomic mass is 9.96. The molecule has 1 aromatic carbocycles. The predicted octanol–water partition coefficient (Wildman–Crippen LogP) is 3.31. The van der Waals surface area contributed by atoms with E-state index < -0.39 is 0 Å². The fourth-order valence-electron chi connectivity index (χ4n) is 2.66. The van der Waals surface area contributed by atoms with Gasteiger partial charge in [0.05, 0.1) is 12.0 Å². The van der Waals surface area contributed by atoms with Gasteiger partial charge in [-0.3, -0.25) is 0 Å². The van der Waals surface area contributed by atoms with E-state index in [0.717, 1.165) is 34.8 Å². The van der Waals surface area contributed by atoms with Crippen molar-refractivity contribution in [2.45, 2.75) is 12.8 Å². The van der Waals surface area contributed by atoms with Gasteiger partial charge in [-0.05, 0) is 36.6 Å². The molecule has 0 unspecified atom stereocenters. The van der Waals surface area contributed by atoms with Gasteiger partial charge in [0.25, 0.3) is 0 Å². The van der Waals surface area contributed by atoms with Crippen LogP contribution >= 0.6 is 11.6 Å². The van der Waals surface area contributed by atoms with E-state index in [2.05, 4.69) is 15.0 Å². The molecular formula is C13H10ClN3. The number of halogens is 1. The van der Waals surface area contributed by atoms with Crippen molar-refractivity contribution in [2.75, 3.05) is 0 Å². The summed E-state index contributed by atoms with van der Waals surface area (Å²) in [6, 6.07) is 5.98. The van der Waals surface area contributed by atoms with Gasteiger partial charge in [-0.25, -0.2) is 4.98 Å². The lowest BCUT2D eigenvalue weighted by Crippen LogP contribution is -2.02. The van der Waals surface area contributed by atoms with Crippen molar-refractivity contribution >= 4 is 22.5 Å². The normalized spacial score (nSPS) is 13.7. The molecule has 2 aromatic heterocycles. The van der Waals surface area contributed by atoms with E-state index in [9.17, 15) is 0 Å². The third kappa shape index (κ3) is 1.20. The summed E-state index contributed by atoms with van der Waals surface area (Å²) >= 11 is 6.06. The van der Waals surface area contributed by atoms with Gasteiger partial charge in [-0.1, -0.05) is 11.6 Å². The van der Waals surface area contributed by atoms with Crippen LogP contribution in [0.5, 0.6) is 0 Å². The van der Waals surface area contributed by atoms with Crippen LogP contribution in [-0.4, -0.2) is 15.0 Å². The summed E-state index contributed by atoms with van der Waals surface area (Å²) in [6.07, 6.45) is 3.81. The molecule has 0 bridgehead atoms. The fourth-order valence-corrected chi connectivity index (χ4v) is 2.83. The number of H-pyrrole nitrogens is 2. The van der Waals surface area contributed by atoms with Crippen molar-refractivity contribution in [1.82, 2.24) is 15.0 Å². The molecule has 17 heavy (non-hydrogen) atoms. The van der Waals surface area contributed by atoms with Crippen LogP contribution in [0, 0.1) is 0 Å². The third-order valence-corrected chi connectivity index (χ3v) is 3.68. The summed E-state index contributed by atoms with van der Waals surface area (Å²) in [5, 5.41) is 2.01. The van der Waals surface area contributed by atoms with E-state index in [-0.39, 0.29) is 0 Å². The number of benzene rings is 1. The SMILES string of the molecule is Clc1ccc2[nH]c3c(c2c1)CCc1[nH]cnc1-3. The number of nitrogens with one attached hydrogen (secondary N) is 2. The molecule has 0 saturated carbocycles. The fraction of sp³-hybridized carbons (Fsp3) is 0.154. The van der Waals surface area contributed by atoms with Gasteiger partial charge in [0.1, 0.15) is 5.69 Å². The van der Waals surface area contributed by atoms with E-state index in [1.54, 1.807) is 6.33 Å². The number of aromatic amines is 2. The summed E-state index contributed by atoms with van der Waals surface area (Å²) < 4.78 is 0. The van der Waals surface area contributed by atoms with E-state index in [4.69, 9.17) is 11.6 Å². The highest BCUT2D eigenvalue weighted by atomic mass is 35.5. The highest BCUT2D eigenvalue weighted by Gasteiger charge is 2.22. The Morgan fingerprint density at radius 1 is 1.24 bits per heavy atom. The van der Waals surface area contributed by atoms with Crippen molar-refractivity contribution in [3.8, 4) is 11.4 Å². The maximum atomic E-state index is 6.06. The Balaban J connectivity index is 2.10. The van der Waals surface area contributed by atoms with Gasteiger partial charge < -0.3 is 9.97 Å². The van der Waals surface area contributed by atoms with Gasteiger partial charge in [-0.15, -0.1) is 0 Å². The largest absolute Gasteiger partial charge is 0.353 e. The predicted molar refractivity (Wildman–Crippen MR) is 68.3 cm³/mol. The molecule has 1 aliphatic carbocycles. The second-order valence-electron chi connectivity index (χ2n) is 4.40. The first-order valence-corrected chi connectivity index (χ1v) is 6.03. The Bertz CT molecular complexity index is 723. The summed E-state index contributed by atoms with van der Waals surface area (Å²) in [5.74, 6) is 0. The van der Waals surface area contributed by atoms with Gasteiger partial charge in [0.2, 0.25) is 0 Å². The molecule has 3 aromatic rings. The molecule has 3 nitrogen and oxygen atoms in total. The van der Waals surface area contributed by atoms with Crippen LogP contribution in [0.3, 0.4) is 0 Å². The lowest BCUT2D eigenvalue weighted by molar-refractivity contribution is 0.913. The number of aromatic nitrogens is 3. The summed E-state index contributed by atoms with van der Waals surface area (Å²) in [4.78, 5) is 11.0. The van der Waals surface area contributed by atoms with Gasteiger partial charge in [0, 0.05) is 21.6 Å². The monoisotopic (exact) mass is 243 g/mol. The van der Waals surface area contributed by atoms with Crippen LogP contribution in [-0.2, 0) is 12.8 Å². The van der Waals surface area contributed by atoms with Crippen molar-refractivity contribution in [1.29, 1.82) is 0 Å². The number of imidazole rings is 1. The average molecular weight is 244 g/mol. The average Bonchev–Trinajstić information content (AvgIpc) is 2.91. The molecule has 0 atom stereocenters. The van der Waals surface area contributed by atoms with Gasteiger partial charge in [0.15, 0.2) is 0 Å². The molecule has 4 rings (SSSR count). The van der Waals surface area contributed by atoms with Crippen LogP contribution in [0.2, 0.25) is 5.02 Å². The molecule has 4 heteroatoms. The number of fused-ring (bicyclic) bond motifs is 5. The van der Waals surface area contributed by atoms with Gasteiger partial charge >= 0.3 is 0 Å². The van der Waals surface area contributed by atoms with E-state index in [1.165, 1.54) is 16.6 Å². The van der Waals surface area contributed by atoms with E-state index >= 15 is 0 Å². The second-order valence-corrected chi connectivity index (χ2v) is 4.83. The third-order valence-electron chi connectivity index (χ3n) is 3.45. The maximum absolute atomic E-state index is 6.06. The molecular weight excluding hydrogens is 234 g/mol. The molecule has 0 saturated heterocycles. The molecule has 2 heterocycles. The van der Waals surface area contributed by atoms with E-state index in [0.29, 0.717) is 0 Å². The smallest absolute Gasteiger partial charge is 0.108 e. The first-order chi connectivity index (χ1) is 8.33. The number of hydrogen-bond donors (Lipinski definition) is 2. The number of aryl methyl sites for hydroxylation is 2. The minimum absolute atomic E-state index is 0.784. The standard InChI is InChI=1S/C13H10ClN3/c14-7-1-3-10-9(5-7)8-2-4-11-13(12(8)17-10)16-6-15-11/h1,3,5-6,17H,2,4H2,(H,15,16). The summed E-state index contributed by atoms with van der Waals surface area (Å²) in [7, 11) is 0. The van der Waals surface area contributed by atoms with Gasteiger partial charge in [-0.2, -0.15) is 0 Å². The van der Waals surface area contributed by atoms with Crippen molar-refractivity contribution in [3.63, 3.8) is 0 Å². The number of hydrogen-bond acceptors (Lipinski definition) is 1. The summed E-state index contributed by atoms with van der Waals surface area (Å²) in [6.45, 7) is 0. The molecule has 0 spiro atoms. The van der Waals surface area contributed by atoms with Crippen LogP contribution in [0.4, 0.5) is 0 Å². The first-order valence-electron chi connectivity index (χ1n) is 5.65. The zero-order chi connectivity index (χ0) is 11.4. The Hall–Kier alpha value is -1.74. The minimum Gasteiger partial charge on any atom is -0.353 e. The second kappa shape index (κ2) is 3.14. The van der Waals surface area contributed by atoms with Crippen molar-refractivity contribution in [2.24, 2.45) is 0 Å². The first kappa shape index (κ1) is 9.31.